The normalized spacial score (nSPS) is 23.5. The summed E-state index contributed by atoms with van der Waals surface area (Å²) in [6.45, 7) is 9.94. The fourth-order valence-corrected chi connectivity index (χ4v) is 6.01. The van der Waals surface area contributed by atoms with Gasteiger partial charge in [0.1, 0.15) is 6.61 Å². The number of anilines is 1. The number of hydrogen-bond donors (Lipinski definition) is 2. The number of fused-ring (bicyclic) bond motifs is 1. The molecule has 4 aliphatic rings. The molecule has 0 saturated carbocycles. The lowest BCUT2D eigenvalue weighted by Crippen LogP contribution is -2.52. The van der Waals surface area contributed by atoms with E-state index in [2.05, 4.69) is 26.5 Å². The summed E-state index contributed by atoms with van der Waals surface area (Å²) >= 11 is 0. The van der Waals surface area contributed by atoms with Gasteiger partial charge in [0.15, 0.2) is 0 Å². The van der Waals surface area contributed by atoms with Crippen molar-refractivity contribution in [1.82, 2.24) is 24.9 Å². The van der Waals surface area contributed by atoms with E-state index in [1.54, 1.807) is 4.90 Å². The Kier molecular flexibility index (Phi) is 8.06. The van der Waals surface area contributed by atoms with Crippen molar-refractivity contribution in [3.63, 3.8) is 0 Å². The van der Waals surface area contributed by atoms with Crippen LogP contribution >= 0.6 is 0 Å². The Hall–Kier alpha value is -2.36. The zero-order valence-corrected chi connectivity index (χ0v) is 20.8. The van der Waals surface area contributed by atoms with Crippen molar-refractivity contribution in [3.8, 4) is 0 Å². The lowest BCUT2D eigenvalue weighted by atomic mass is 10.0. The maximum atomic E-state index is 12.8. The minimum Gasteiger partial charge on any atom is -0.448 e. The monoisotopic (exact) mass is 484 g/mol. The molecule has 1 aromatic rings. The van der Waals surface area contributed by atoms with Gasteiger partial charge in [0, 0.05) is 70.1 Å². The van der Waals surface area contributed by atoms with Gasteiger partial charge in [0.05, 0.1) is 0 Å². The summed E-state index contributed by atoms with van der Waals surface area (Å²) in [6.07, 6.45) is 4.63. The zero-order valence-electron chi connectivity index (χ0n) is 20.8. The molecule has 1 aromatic carbocycles. The summed E-state index contributed by atoms with van der Waals surface area (Å²) in [5.74, 6) is 0. The number of rotatable bonds is 5. The molecular formula is C26H40N6O3. The van der Waals surface area contributed by atoms with Crippen LogP contribution in [-0.4, -0.2) is 116 Å². The topological polar surface area (TPSA) is 80.4 Å². The molecule has 5 rings (SSSR count). The van der Waals surface area contributed by atoms with Crippen LogP contribution < -0.4 is 10.6 Å². The second-order valence-corrected chi connectivity index (χ2v) is 10.2. The number of carbonyl (C=O) groups excluding carboxylic acids is 2. The smallest absolute Gasteiger partial charge is 0.409 e. The molecule has 4 heterocycles. The van der Waals surface area contributed by atoms with Gasteiger partial charge in [-0.3, -0.25) is 9.80 Å². The van der Waals surface area contributed by atoms with Gasteiger partial charge in [-0.05, 0) is 56.8 Å². The first kappa shape index (κ1) is 24.3. The standard InChI is InChI=1S/C26H40N6O3/c33-25-28-24-4-2-1-3-21(24)5-16-32(25)23-8-14-31(15-9-23)26(34)35-20-19-29-12-6-22(7-13-29)30-17-10-27-11-18-30/h1-4,22-23,27H,5-20H2,(H,28,33). The van der Waals surface area contributed by atoms with Crippen LogP contribution in [-0.2, 0) is 11.2 Å². The molecule has 9 nitrogen and oxygen atoms in total. The molecule has 35 heavy (non-hydrogen) atoms. The van der Waals surface area contributed by atoms with Crippen LogP contribution in [0, 0.1) is 0 Å². The summed E-state index contributed by atoms with van der Waals surface area (Å²) in [6, 6.07) is 8.84. The predicted molar refractivity (Wildman–Crippen MR) is 136 cm³/mol. The maximum absolute atomic E-state index is 12.8. The number of carbonyl (C=O) groups is 2. The maximum Gasteiger partial charge on any atom is 0.409 e. The van der Waals surface area contributed by atoms with Crippen LogP contribution in [0.1, 0.15) is 31.2 Å². The van der Waals surface area contributed by atoms with Gasteiger partial charge in [-0.25, -0.2) is 9.59 Å². The van der Waals surface area contributed by atoms with E-state index in [0.717, 1.165) is 70.8 Å². The Labute approximate surface area is 208 Å². The van der Waals surface area contributed by atoms with Crippen LogP contribution in [0.2, 0.25) is 0 Å². The Balaban J connectivity index is 0.995. The van der Waals surface area contributed by atoms with E-state index in [9.17, 15) is 9.59 Å². The lowest BCUT2D eigenvalue weighted by Gasteiger charge is -2.40. The molecule has 0 unspecified atom stereocenters. The van der Waals surface area contributed by atoms with Crippen LogP contribution in [0.15, 0.2) is 24.3 Å². The van der Waals surface area contributed by atoms with Crippen LogP contribution in [0.5, 0.6) is 0 Å². The van der Waals surface area contributed by atoms with Gasteiger partial charge < -0.3 is 25.2 Å². The van der Waals surface area contributed by atoms with Gasteiger partial charge in [-0.2, -0.15) is 0 Å². The fourth-order valence-electron chi connectivity index (χ4n) is 6.01. The number of benzene rings is 1. The summed E-state index contributed by atoms with van der Waals surface area (Å²) in [5.41, 5.74) is 2.09. The van der Waals surface area contributed by atoms with Gasteiger partial charge >= 0.3 is 12.1 Å². The van der Waals surface area contributed by atoms with Crippen LogP contribution in [0.4, 0.5) is 15.3 Å². The van der Waals surface area contributed by atoms with Crippen molar-refractivity contribution in [2.75, 3.05) is 77.4 Å². The van der Waals surface area contributed by atoms with Gasteiger partial charge in [-0.15, -0.1) is 0 Å². The second kappa shape index (κ2) is 11.6. The zero-order chi connectivity index (χ0) is 24.0. The number of nitrogens with zero attached hydrogens (tertiary/aromatic N) is 4. The number of amides is 3. The largest absolute Gasteiger partial charge is 0.448 e. The highest BCUT2D eigenvalue weighted by atomic mass is 16.6. The number of nitrogens with one attached hydrogen (secondary N) is 2. The number of piperidine rings is 2. The van der Waals surface area contributed by atoms with Crippen molar-refractivity contribution in [3.05, 3.63) is 29.8 Å². The fraction of sp³-hybridized carbons (Fsp3) is 0.692. The molecule has 3 saturated heterocycles. The third-order valence-corrected chi connectivity index (χ3v) is 8.16. The molecule has 192 valence electrons. The predicted octanol–water partition coefficient (Wildman–Crippen LogP) is 2.05. The molecule has 0 radical (unpaired) electrons. The first-order chi connectivity index (χ1) is 17.2. The minimum atomic E-state index is -0.216. The number of ether oxygens (including phenoxy) is 1. The first-order valence-corrected chi connectivity index (χ1v) is 13.4. The number of urea groups is 1. The number of para-hydroxylation sites is 1. The third kappa shape index (κ3) is 6.08. The van der Waals surface area contributed by atoms with Crippen molar-refractivity contribution in [2.45, 2.75) is 44.2 Å². The molecule has 0 aromatic heterocycles. The Morgan fingerprint density at radius 1 is 0.914 bits per heavy atom. The van der Waals surface area contributed by atoms with Crippen LogP contribution in [0.3, 0.4) is 0 Å². The van der Waals surface area contributed by atoms with Crippen LogP contribution in [0.25, 0.3) is 0 Å². The molecule has 9 heteroatoms. The van der Waals surface area contributed by atoms with E-state index < -0.39 is 0 Å². The average Bonchev–Trinajstić information content (AvgIpc) is 3.08. The van der Waals surface area contributed by atoms with Crippen molar-refractivity contribution in [1.29, 1.82) is 0 Å². The minimum absolute atomic E-state index is 0.0308. The highest BCUT2D eigenvalue weighted by Crippen LogP contribution is 2.24. The molecule has 3 amide bonds. The van der Waals surface area contributed by atoms with Crippen molar-refractivity contribution < 1.29 is 14.3 Å². The van der Waals surface area contributed by atoms with E-state index >= 15 is 0 Å². The SMILES string of the molecule is O=C(OCCN1CCC(N2CCNCC2)CC1)N1CCC(N2CCc3ccccc3NC2=O)CC1. The number of piperazine rings is 1. The summed E-state index contributed by atoms with van der Waals surface area (Å²) < 4.78 is 5.63. The Bertz CT molecular complexity index is 860. The molecule has 0 aliphatic carbocycles. The number of likely N-dealkylation sites (tertiary alicyclic amines) is 2. The Morgan fingerprint density at radius 3 is 2.40 bits per heavy atom. The summed E-state index contributed by atoms with van der Waals surface area (Å²) in [7, 11) is 0. The highest BCUT2D eigenvalue weighted by Gasteiger charge is 2.32. The van der Waals surface area contributed by atoms with E-state index in [0.29, 0.717) is 32.3 Å². The van der Waals surface area contributed by atoms with E-state index in [4.69, 9.17) is 4.74 Å². The molecular weight excluding hydrogens is 444 g/mol. The van der Waals surface area contributed by atoms with E-state index in [1.165, 1.54) is 18.4 Å². The lowest BCUT2D eigenvalue weighted by molar-refractivity contribution is 0.0594. The first-order valence-electron chi connectivity index (χ1n) is 13.4. The van der Waals surface area contributed by atoms with Gasteiger partial charge in [0.25, 0.3) is 0 Å². The molecule has 0 spiro atoms. The molecule has 2 N–H and O–H groups in total. The van der Waals surface area contributed by atoms with Crippen molar-refractivity contribution >= 4 is 17.8 Å². The quantitative estimate of drug-likeness (QED) is 0.666. The summed E-state index contributed by atoms with van der Waals surface area (Å²) in [4.78, 5) is 34.2. The molecule has 0 atom stereocenters. The van der Waals surface area contributed by atoms with E-state index in [1.807, 2.05) is 23.1 Å². The molecule has 0 bridgehead atoms. The highest BCUT2D eigenvalue weighted by molar-refractivity contribution is 5.91. The molecule has 4 aliphatic heterocycles. The molecule has 3 fully saturated rings. The average molecular weight is 485 g/mol. The second-order valence-electron chi connectivity index (χ2n) is 10.2. The Morgan fingerprint density at radius 2 is 1.63 bits per heavy atom. The van der Waals surface area contributed by atoms with E-state index in [-0.39, 0.29) is 18.2 Å². The van der Waals surface area contributed by atoms with Gasteiger partial charge in [0.2, 0.25) is 0 Å². The third-order valence-electron chi connectivity index (χ3n) is 8.16. The van der Waals surface area contributed by atoms with Crippen molar-refractivity contribution in [2.24, 2.45) is 0 Å². The number of hydrogen-bond acceptors (Lipinski definition) is 6. The summed E-state index contributed by atoms with van der Waals surface area (Å²) in [5, 5.41) is 6.49. The van der Waals surface area contributed by atoms with Gasteiger partial charge in [-0.1, -0.05) is 18.2 Å².